The van der Waals surface area contributed by atoms with Crippen LogP contribution >= 0.6 is 0 Å². The Kier molecular flexibility index (Phi) is 1.33. The zero-order valence-electron chi connectivity index (χ0n) is 6.27. The van der Waals surface area contributed by atoms with Crippen molar-refractivity contribution in [3.63, 3.8) is 0 Å². The molecule has 4 nitrogen and oxygen atoms in total. The lowest BCUT2D eigenvalue weighted by atomic mass is 10.3. The molecule has 2 aromatic heterocycles. The molecule has 0 spiro atoms. The van der Waals surface area contributed by atoms with E-state index < -0.39 is 0 Å². The molecule has 0 aliphatic rings. The lowest BCUT2D eigenvalue weighted by molar-refractivity contribution is 0.111. The fourth-order valence-corrected chi connectivity index (χ4v) is 1.16. The van der Waals surface area contributed by atoms with E-state index in [0.717, 1.165) is 11.9 Å². The Labute approximate surface area is 68.6 Å². The number of carbonyl (C=O) groups excluding carboxylic acids is 1. The largest absolute Gasteiger partial charge is 0.397 e. The van der Waals surface area contributed by atoms with E-state index in [2.05, 4.69) is 4.98 Å². The van der Waals surface area contributed by atoms with Crippen LogP contribution < -0.4 is 5.73 Å². The lowest BCUT2D eigenvalue weighted by Crippen LogP contribution is -2.00. The average Bonchev–Trinajstić information content (AvgIpc) is 2.52. The van der Waals surface area contributed by atoms with Crippen LogP contribution in [0.3, 0.4) is 0 Å². The highest BCUT2D eigenvalue weighted by Gasteiger charge is 2.02. The van der Waals surface area contributed by atoms with Crippen molar-refractivity contribution in [2.45, 2.75) is 0 Å². The van der Waals surface area contributed by atoms with Gasteiger partial charge >= 0.3 is 0 Å². The van der Waals surface area contributed by atoms with Gasteiger partial charge in [-0.25, -0.2) is 4.98 Å². The van der Waals surface area contributed by atoms with E-state index in [9.17, 15) is 4.79 Å². The van der Waals surface area contributed by atoms with Gasteiger partial charge in [-0.1, -0.05) is 0 Å². The van der Waals surface area contributed by atoms with Crippen molar-refractivity contribution in [1.29, 1.82) is 0 Å². The molecule has 0 atom stereocenters. The number of imidazole rings is 1. The molecule has 2 aromatic rings. The predicted octanol–water partition coefficient (Wildman–Crippen LogP) is 0.729. The van der Waals surface area contributed by atoms with Crippen LogP contribution in [0.4, 0.5) is 5.69 Å². The number of fused-ring (bicyclic) bond motifs is 1. The van der Waals surface area contributed by atoms with Crippen LogP contribution in [0.1, 0.15) is 10.5 Å². The van der Waals surface area contributed by atoms with Gasteiger partial charge in [-0.2, -0.15) is 0 Å². The minimum atomic E-state index is 0.449. The summed E-state index contributed by atoms with van der Waals surface area (Å²) >= 11 is 0. The van der Waals surface area contributed by atoms with E-state index in [1.54, 1.807) is 28.9 Å². The summed E-state index contributed by atoms with van der Waals surface area (Å²) in [6.07, 6.45) is 4.06. The second kappa shape index (κ2) is 2.34. The van der Waals surface area contributed by atoms with Gasteiger partial charge in [-0.15, -0.1) is 0 Å². The minimum absolute atomic E-state index is 0.449. The zero-order chi connectivity index (χ0) is 8.55. The molecular weight excluding hydrogens is 154 g/mol. The van der Waals surface area contributed by atoms with E-state index in [-0.39, 0.29) is 0 Å². The van der Waals surface area contributed by atoms with E-state index in [0.29, 0.717) is 11.4 Å². The first-order chi connectivity index (χ1) is 5.83. The zero-order valence-corrected chi connectivity index (χ0v) is 6.27. The van der Waals surface area contributed by atoms with Crippen molar-refractivity contribution < 1.29 is 4.79 Å². The number of rotatable bonds is 1. The van der Waals surface area contributed by atoms with Gasteiger partial charge in [-0.05, 0) is 12.1 Å². The number of hydrogen-bond acceptors (Lipinski definition) is 3. The second-order valence-corrected chi connectivity index (χ2v) is 2.45. The number of nitrogens with two attached hydrogens (primary N) is 1. The van der Waals surface area contributed by atoms with Gasteiger partial charge in [0.2, 0.25) is 0 Å². The molecule has 0 saturated heterocycles. The molecule has 0 amide bonds. The van der Waals surface area contributed by atoms with Gasteiger partial charge in [0.15, 0.2) is 6.29 Å². The van der Waals surface area contributed by atoms with Crippen molar-refractivity contribution in [1.82, 2.24) is 9.38 Å². The van der Waals surface area contributed by atoms with Crippen LogP contribution in [-0.4, -0.2) is 15.7 Å². The number of hydrogen-bond donors (Lipinski definition) is 1. The molecule has 60 valence electrons. The quantitative estimate of drug-likeness (QED) is 0.627. The Morgan fingerprint density at radius 2 is 2.33 bits per heavy atom. The number of aromatic nitrogens is 2. The molecule has 0 fully saturated rings. The van der Waals surface area contributed by atoms with Crippen LogP contribution in [0.5, 0.6) is 0 Å². The molecule has 12 heavy (non-hydrogen) atoms. The summed E-state index contributed by atoms with van der Waals surface area (Å²) in [7, 11) is 0. The van der Waals surface area contributed by atoms with Crippen molar-refractivity contribution >= 4 is 17.6 Å². The van der Waals surface area contributed by atoms with E-state index in [1.165, 1.54) is 0 Å². The maximum atomic E-state index is 10.6. The van der Waals surface area contributed by atoms with Crippen LogP contribution in [0.15, 0.2) is 24.5 Å². The molecule has 2 heterocycles. The smallest absolute Gasteiger partial charge is 0.168 e. The van der Waals surface area contributed by atoms with Crippen LogP contribution in [0, 0.1) is 0 Å². The summed E-state index contributed by atoms with van der Waals surface area (Å²) < 4.78 is 1.66. The first-order valence-electron chi connectivity index (χ1n) is 3.49. The predicted molar refractivity (Wildman–Crippen MR) is 45.0 cm³/mol. The van der Waals surface area contributed by atoms with Gasteiger partial charge < -0.3 is 5.73 Å². The summed E-state index contributed by atoms with van der Waals surface area (Å²) in [5.74, 6) is 0. The molecule has 2 N–H and O–H groups in total. The number of aldehydes is 1. The molecule has 0 unspecified atom stereocenters. The summed E-state index contributed by atoms with van der Waals surface area (Å²) in [5, 5.41) is 0. The Bertz CT molecular complexity index is 433. The van der Waals surface area contributed by atoms with Gasteiger partial charge in [0.05, 0.1) is 5.69 Å². The number of carbonyl (C=O) groups is 1. The fraction of sp³-hybridized carbons (Fsp3) is 0. The topological polar surface area (TPSA) is 60.4 Å². The Hall–Kier alpha value is -1.84. The van der Waals surface area contributed by atoms with Gasteiger partial charge in [0.25, 0.3) is 0 Å². The van der Waals surface area contributed by atoms with Crippen LogP contribution in [0.2, 0.25) is 0 Å². The molecule has 4 heteroatoms. The van der Waals surface area contributed by atoms with Crippen molar-refractivity contribution in [2.24, 2.45) is 0 Å². The highest BCUT2D eigenvalue weighted by atomic mass is 16.1. The molecular formula is C8H7N3O. The molecule has 0 radical (unpaired) electrons. The SMILES string of the molecule is Nc1ccc2nccn2c1C=O. The first-order valence-corrected chi connectivity index (χ1v) is 3.49. The highest BCUT2D eigenvalue weighted by molar-refractivity contribution is 5.82. The molecule has 0 aromatic carbocycles. The number of anilines is 1. The Morgan fingerprint density at radius 3 is 3.08 bits per heavy atom. The third-order valence-corrected chi connectivity index (χ3v) is 1.75. The highest BCUT2D eigenvalue weighted by Crippen LogP contribution is 2.11. The number of pyridine rings is 1. The molecule has 0 aliphatic heterocycles. The summed E-state index contributed by atoms with van der Waals surface area (Å²) in [6.45, 7) is 0. The molecule has 0 bridgehead atoms. The first kappa shape index (κ1) is 6.84. The lowest BCUT2D eigenvalue weighted by Gasteiger charge is -2.00. The fourth-order valence-electron chi connectivity index (χ4n) is 1.16. The summed E-state index contributed by atoms with van der Waals surface area (Å²) in [5.41, 5.74) is 7.22. The van der Waals surface area contributed by atoms with Crippen molar-refractivity contribution in [2.75, 3.05) is 5.73 Å². The van der Waals surface area contributed by atoms with Crippen LogP contribution in [0.25, 0.3) is 5.65 Å². The maximum Gasteiger partial charge on any atom is 0.168 e. The maximum absolute atomic E-state index is 10.6. The van der Waals surface area contributed by atoms with E-state index in [4.69, 9.17) is 5.73 Å². The Morgan fingerprint density at radius 1 is 1.50 bits per heavy atom. The van der Waals surface area contributed by atoms with Crippen molar-refractivity contribution in [3.8, 4) is 0 Å². The third kappa shape index (κ3) is 0.780. The van der Waals surface area contributed by atoms with Crippen LogP contribution in [-0.2, 0) is 0 Å². The minimum Gasteiger partial charge on any atom is -0.397 e. The van der Waals surface area contributed by atoms with Gasteiger partial charge in [-0.3, -0.25) is 9.20 Å². The number of nitrogen functional groups attached to an aromatic ring is 1. The Balaban J connectivity index is 2.91. The third-order valence-electron chi connectivity index (χ3n) is 1.75. The molecule has 0 saturated carbocycles. The normalized spacial score (nSPS) is 10.3. The molecule has 0 aliphatic carbocycles. The number of nitrogens with zero attached hydrogens (tertiary/aromatic N) is 2. The molecule has 2 rings (SSSR count). The summed E-state index contributed by atoms with van der Waals surface area (Å²) in [4.78, 5) is 14.6. The van der Waals surface area contributed by atoms with Crippen molar-refractivity contribution in [3.05, 3.63) is 30.2 Å². The average molecular weight is 161 g/mol. The van der Waals surface area contributed by atoms with Gasteiger partial charge in [0, 0.05) is 12.4 Å². The van der Waals surface area contributed by atoms with E-state index >= 15 is 0 Å². The monoisotopic (exact) mass is 161 g/mol. The van der Waals surface area contributed by atoms with E-state index in [1.807, 2.05) is 0 Å². The standard InChI is InChI=1S/C8H7N3O/c9-6-1-2-8-10-3-4-11(8)7(6)5-12/h1-5H,9H2. The summed E-state index contributed by atoms with van der Waals surface area (Å²) in [6, 6.07) is 3.44. The van der Waals surface area contributed by atoms with Gasteiger partial charge in [0.1, 0.15) is 11.3 Å². The second-order valence-electron chi connectivity index (χ2n) is 2.45.